The van der Waals surface area contributed by atoms with Crippen molar-refractivity contribution in [3.05, 3.63) is 59.8 Å². The van der Waals surface area contributed by atoms with Crippen LogP contribution in [-0.2, 0) is 0 Å². The van der Waals surface area contributed by atoms with Gasteiger partial charge in [0.15, 0.2) is 0 Å². The molecule has 0 aliphatic rings. The highest BCUT2D eigenvalue weighted by atomic mass is 16.5. The summed E-state index contributed by atoms with van der Waals surface area (Å²) in [4.78, 5) is 0. The molecule has 3 rings (SSSR count). The molecule has 0 unspecified atom stereocenters. The van der Waals surface area contributed by atoms with E-state index in [2.05, 4.69) is 61.0 Å². The summed E-state index contributed by atoms with van der Waals surface area (Å²) in [5.41, 5.74) is 4.97. The maximum atomic E-state index is 5.27. The maximum Gasteiger partial charge on any atom is 0.119 e. The van der Waals surface area contributed by atoms with E-state index in [9.17, 15) is 0 Å². The average molecular weight is 251 g/mol. The maximum absolute atomic E-state index is 5.27. The molecule has 2 aromatic carbocycles. The summed E-state index contributed by atoms with van der Waals surface area (Å²) in [5, 5.41) is 1.19. The number of aromatic nitrogens is 1. The van der Waals surface area contributed by atoms with E-state index in [0.717, 1.165) is 5.75 Å². The van der Waals surface area contributed by atoms with Gasteiger partial charge in [0.2, 0.25) is 0 Å². The molecule has 0 fully saturated rings. The lowest BCUT2D eigenvalue weighted by Crippen LogP contribution is -1.93. The van der Waals surface area contributed by atoms with E-state index in [1.807, 2.05) is 6.07 Å². The molecule has 0 saturated heterocycles. The second-order valence-electron chi connectivity index (χ2n) is 4.96. The monoisotopic (exact) mass is 251 g/mol. The number of nitrogens with zero attached hydrogens (tertiary/aromatic N) is 1. The Morgan fingerprint density at radius 3 is 2.32 bits per heavy atom. The van der Waals surface area contributed by atoms with Gasteiger partial charge in [-0.3, -0.25) is 0 Å². The summed E-state index contributed by atoms with van der Waals surface area (Å²) in [7, 11) is 1.70. The minimum atomic E-state index is 0.894. The SMILES string of the molecule is COc1ccc2c(ccn2-c2cc(C)cc(C)c2)c1. The molecule has 2 heteroatoms. The predicted octanol–water partition coefficient (Wildman–Crippen LogP) is 4.26. The first-order valence-corrected chi connectivity index (χ1v) is 6.41. The summed E-state index contributed by atoms with van der Waals surface area (Å²) in [6.07, 6.45) is 2.11. The zero-order valence-electron chi connectivity index (χ0n) is 11.5. The highest BCUT2D eigenvalue weighted by molar-refractivity contribution is 5.83. The Morgan fingerprint density at radius 2 is 1.63 bits per heavy atom. The third-order valence-electron chi connectivity index (χ3n) is 3.38. The van der Waals surface area contributed by atoms with Crippen molar-refractivity contribution in [3.63, 3.8) is 0 Å². The molecule has 0 amide bonds. The fraction of sp³-hybridized carbons (Fsp3) is 0.176. The smallest absolute Gasteiger partial charge is 0.119 e. The van der Waals surface area contributed by atoms with Crippen molar-refractivity contribution in [3.8, 4) is 11.4 Å². The molecule has 1 heterocycles. The lowest BCUT2D eigenvalue weighted by atomic mass is 10.1. The molecule has 96 valence electrons. The molecule has 0 bridgehead atoms. The molecule has 0 saturated carbocycles. The zero-order valence-corrected chi connectivity index (χ0v) is 11.5. The topological polar surface area (TPSA) is 14.2 Å². The highest BCUT2D eigenvalue weighted by Crippen LogP contribution is 2.25. The van der Waals surface area contributed by atoms with Crippen LogP contribution < -0.4 is 4.74 Å². The molecule has 0 N–H and O–H groups in total. The summed E-state index contributed by atoms with van der Waals surface area (Å²) in [6.45, 7) is 4.26. The molecular weight excluding hydrogens is 234 g/mol. The van der Waals surface area contributed by atoms with Crippen molar-refractivity contribution in [1.29, 1.82) is 0 Å². The van der Waals surface area contributed by atoms with E-state index in [4.69, 9.17) is 4.74 Å². The van der Waals surface area contributed by atoms with Gasteiger partial charge < -0.3 is 9.30 Å². The first-order valence-electron chi connectivity index (χ1n) is 6.41. The number of fused-ring (bicyclic) bond motifs is 1. The van der Waals surface area contributed by atoms with Crippen molar-refractivity contribution < 1.29 is 4.74 Å². The number of hydrogen-bond acceptors (Lipinski definition) is 1. The predicted molar refractivity (Wildman–Crippen MR) is 79.3 cm³/mol. The lowest BCUT2D eigenvalue weighted by Gasteiger charge is -2.08. The molecule has 2 nitrogen and oxygen atoms in total. The van der Waals surface area contributed by atoms with Gasteiger partial charge in [0.1, 0.15) is 5.75 Å². The fourth-order valence-corrected chi connectivity index (χ4v) is 2.56. The second kappa shape index (κ2) is 4.47. The van der Waals surface area contributed by atoms with Crippen LogP contribution in [0, 0.1) is 13.8 Å². The first-order chi connectivity index (χ1) is 9.17. The largest absolute Gasteiger partial charge is 0.497 e. The van der Waals surface area contributed by atoms with Crippen molar-refractivity contribution >= 4 is 10.9 Å². The van der Waals surface area contributed by atoms with Crippen LogP contribution in [0.5, 0.6) is 5.75 Å². The fourth-order valence-electron chi connectivity index (χ4n) is 2.56. The number of methoxy groups -OCH3 is 1. The zero-order chi connectivity index (χ0) is 13.4. The number of benzene rings is 2. The van der Waals surface area contributed by atoms with Gasteiger partial charge >= 0.3 is 0 Å². The van der Waals surface area contributed by atoms with E-state index < -0.39 is 0 Å². The van der Waals surface area contributed by atoms with E-state index in [1.165, 1.54) is 27.7 Å². The Morgan fingerprint density at radius 1 is 0.895 bits per heavy atom. The van der Waals surface area contributed by atoms with Crippen molar-refractivity contribution in [2.45, 2.75) is 13.8 Å². The Balaban J connectivity index is 2.20. The standard InChI is InChI=1S/C17H17NO/c1-12-8-13(2)10-15(9-12)18-7-6-14-11-16(19-3)4-5-17(14)18/h4-11H,1-3H3. The third kappa shape index (κ3) is 2.10. The Bertz CT molecular complexity index is 720. The third-order valence-corrected chi connectivity index (χ3v) is 3.38. The van der Waals surface area contributed by atoms with Crippen molar-refractivity contribution in [2.75, 3.05) is 7.11 Å². The number of rotatable bonds is 2. The molecule has 3 aromatic rings. The van der Waals surface area contributed by atoms with Crippen molar-refractivity contribution in [1.82, 2.24) is 4.57 Å². The van der Waals surface area contributed by atoms with Gasteiger partial charge in [-0.2, -0.15) is 0 Å². The van der Waals surface area contributed by atoms with Gasteiger partial charge in [-0.05, 0) is 61.4 Å². The molecule has 0 aliphatic heterocycles. The first kappa shape index (κ1) is 11.8. The Labute approximate surface area is 113 Å². The van der Waals surface area contributed by atoms with Crippen LogP contribution >= 0.6 is 0 Å². The van der Waals surface area contributed by atoms with Crippen LogP contribution in [0.1, 0.15) is 11.1 Å². The van der Waals surface area contributed by atoms with E-state index in [0.29, 0.717) is 0 Å². The van der Waals surface area contributed by atoms with Gasteiger partial charge in [0, 0.05) is 17.3 Å². The van der Waals surface area contributed by atoms with E-state index >= 15 is 0 Å². The number of aryl methyl sites for hydroxylation is 2. The van der Waals surface area contributed by atoms with Gasteiger partial charge in [0.25, 0.3) is 0 Å². The van der Waals surface area contributed by atoms with Gasteiger partial charge in [-0.25, -0.2) is 0 Å². The van der Waals surface area contributed by atoms with Crippen LogP contribution in [0.4, 0.5) is 0 Å². The molecule has 0 aliphatic carbocycles. The molecule has 19 heavy (non-hydrogen) atoms. The molecule has 0 radical (unpaired) electrons. The lowest BCUT2D eigenvalue weighted by molar-refractivity contribution is 0.415. The minimum absolute atomic E-state index is 0.894. The van der Waals surface area contributed by atoms with Gasteiger partial charge in [-0.1, -0.05) is 6.07 Å². The Kier molecular flexibility index (Phi) is 2.79. The minimum Gasteiger partial charge on any atom is -0.497 e. The summed E-state index contributed by atoms with van der Waals surface area (Å²) in [6, 6.07) is 14.9. The number of ether oxygens (including phenoxy) is 1. The molecule has 1 aromatic heterocycles. The van der Waals surface area contributed by atoms with Crippen LogP contribution in [0.2, 0.25) is 0 Å². The van der Waals surface area contributed by atoms with Crippen LogP contribution in [-0.4, -0.2) is 11.7 Å². The van der Waals surface area contributed by atoms with Crippen LogP contribution in [0.3, 0.4) is 0 Å². The second-order valence-corrected chi connectivity index (χ2v) is 4.96. The van der Waals surface area contributed by atoms with Crippen molar-refractivity contribution in [2.24, 2.45) is 0 Å². The van der Waals surface area contributed by atoms with Gasteiger partial charge in [-0.15, -0.1) is 0 Å². The van der Waals surface area contributed by atoms with E-state index in [-0.39, 0.29) is 0 Å². The normalized spacial score (nSPS) is 10.9. The molecular formula is C17H17NO. The highest BCUT2D eigenvalue weighted by Gasteiger charge is 2.05. The van der Waals surface area contributed by atoms with Crippen LogP contribution in [0.15, 0.2) is 48.7 Å². The summed E-state index contributed by atoms with van der Waals surface area (Å²) < 4.78 is 7.48. The summed E-state index contributed by atoms with van der Waals surface area (Å²) >= 11 is 0. The molecule has 0 atom stereocenters. The van der Waals surface area contributed by atoms with E-state index in [1.54, 1.807) is 7.11 Å². The number of hydrogen-bond donors (Lipinski definition) is 0. The average Bonchev–Trinajstić information content (AvgIpc) is 2.80. The van der Waals surface area contributed by atoms with Gasteiger partial charge in [0.05, 0.1) is 12.6 Å². The quantitative estimate of drug-likeness (QED) is 0.664. The Hall–Kier alpha value is -2.22. The molecule has 0 spiro atoms. The summed E-state index contributed by atoms with van der Waals surface area (Å²) in [5.74, 6) is 0.894. The van der Waals surface area contributed by atoms with Crippen LogP contribution in [0.25, 0.3) is 16.6 Å².